The van der Waals surface area contributed by atoms with Gasteiger partial charge in [-0.3, -0.25) is 19.9 Å². The number of carbonyl (C=O) groups is 2. The third-order valence-electron chi connectivity index (χ3n) is 3.41. The molecule has 0 spiro atoms. The molecule has 1 amide bonds. The molecule has 0 aliphatic rings. The number of anilines is 1. The molecule has 0 saturated carbocycles. The maximum atomic E-state index is 11.9. The van der Waals surface area contributed by atoms with Gasteiger partial charge in [-0.2, -0.15) is 5.48 Å². The molecule has 2 rings (SSSR count). The SMILES string of the molecule is C/C(=C/C(=O)ONC(=O)c1ccc([N+](=O)[O-])cc1)NN(C)c1ccccc1. The van der Waals surface area contributed by atoms with Gasteiger partial charge in [0.1, 0.15) is 0 Å². The van der Waals surface area contributed by atoms with Gasteiger partial charge in [0.2, 0.25) is 0 Å². The first kappa shape index (κ1) is 19.4. The zero-order valence-corrected chi connectivity index (χ0v) is 14.7. The summed E-state index contributed by atoms with van der Waals surface area (Å²) in [5, 5.41) is 12.3. The molecule has 0 saturated heterocycles. The minimum absolute atomic E-state index is 0.121. The second-order valence-corrected chi connectivity index (χ2v) is 5.49. The van der Waals surface area contributed by atoms with Gasteiger partial charge in [0, 0.05) is 36.5 Å². The molecule has 0 fully saturated rings. The van der Waals surface area contributed by atoms with E-state index in [4.69, 9.17) is 0 Å². The number of nitrogens with zero attached hydrogens (tertiary/aromatic N) is 2. The lowest BCUT2D eigenvalue weighted by atomic mass is 10.2. The van der Waals surface area contributed by atoms with E-state index in [2.05, 4.69) is 10.3 Å². The molecule has 0 aromatic heterocycles. The smallest absolute Gasteiger partial charge is 0.336 e. The molecular weight excluding hydrogens is 352 g/mol. The molecule has 0 heterocycles. The molecule has 0 bridgehead atoms. The number of rotatable bonds is 6. The second-order valence-electron chi connectivity index (χ2n) is 5.49. The Balaban J connectivity index is 1.86. The number of para-hydroxylation sites is 1. The number of carbonyl (C=O) groups excluding carboxylic acids is 2. The van der Waals surface area contributed by atoms with Crippen LogP contribution in [0.1, 0.15) is 17.3 Å². The van der Waals surface area contributed by atoms with Gasteiger partial charge >= 0.3 is 5.97 Å². The van der Waals surface area contributed by atoms with Crippen LogP contribution in [0, 0.1) is 10.1 Å². The quantitative estimate of drug-likeness (QED) is 0.456. The van der Waals surface area contributed by atoms with Crippen molar-refractivity contribution in [2.45, 2.75) is 6.92 Å². The summed E-state index contributed by atoms with van der Waals surface area (Å²) in [6.45, 7) is 1.67. The summed E-state index contributed by atoms with van der Waals surface area (Å²) in [6, 6.07) is 14.3. The topological polar surface area (TPSA) is 114 Å². The van der Waals surface area contributed by atoms with Crippen LogP contribution >= 0.6 is 0 Å². The predicted octanol–water partition coefficient (Wildman–Crippen LogP) is 2.33. The second kappa shape index (κ2) is 8.99. The van der Waals surface area contributed by atoms with Crippen LogP contribution < -0.4 is 15.9 Å². The molecule has 0 atom stereocenters. The highest BCUT2D eigenvalue weighted by atomic mass is 16.7. The van der Waals surface area contributed by atoms with Gasteiger partial charge in [-0.05, 0) is 31.2 Å². The summed E-state index contributed by atoms with van der Waals surface area (Å²) in [6.07, 6.45) is 1.18. The number of amides is 1. The van der Waals surface area contributed by atoms with Crippen LogP contribution in [0.3, 0.4) is 0 Å². The Morgan fingerprint density at radius 3 is 2.33 bits per heavy atom. The number of benzene rings is 2. The summed E-state index contributed by atoms with van der Waals surface area (Å²) in [4.78, 5) is 38.4. The Morgan fingerprint density at radius 2 is 1.74 bits per heavy atom. The molecule has 27 heavy (non-hydrogen) atoms. The predicted molar refractivity (Wildman–Crippen MR) is 98.4 cm³/mol. The Bertz CT molecular complexity index is 850. The number of nitro groups is 1. The lowest BCUT2D eigenvalue weighted by Gasteiger charge is -2.21. The first-order valence-corrected chi connectivity index (χ1v) is 7.86. The lowest BCUT2D eigenvalue weighted by Crippen LogP contribution is -2.33. The van der Waals surface area contributed by atoms with Crippen LogP contribution in [0.15, 0.2) is 66.4 Å². The van der Waals surface area contributed by atoms with Crippen molar-refractivity contribution in [3.63, 3.8) is 0 Å². The average molecular weight is 370 g/mol. The number of hydroxylamine groups is 1. The third-order valence-corrected chi connectivity index (χ3v) is 3.41. The van der Waals surface area contributed by atoms with E-state index in [0.717, 1.165) is 5.69 Å². The van der Waals surface area contributed by atoms with Crippen LogP contribution in [0.4, 0.5) is 11.4 Å². The molecule has 2 N–H and O–H groups in total. The summed E-state index contributed by atoms with van der Waals surface area (Å²) in [7, 11) is 1.79. The van der Waals surface area contributed by atoms with Gasteiger partial charge < -0.3 is 10.3 Å². The number of non-ortho nitro benzene ring substituents is 1. The largest absolute Gasteiger partial charge is 0.357 e. The van der Waals surface area contributed by atoms with E-state index < -0.39 is 16.8 Å². The molecule has 9 heteroatoms. The summed E-state index contributed by atoms with van der Waals surface area (Å²) in [5.41, 5.74) is 6.34. The molecule has 0 radical (unpaired) electrons. The van der Waals surface area contributed by atoms with Crippen molar-refractivity contribution in [3.8, 4) is 0 Å². The van der Waals surface area contributed by atoms with E-state index in [1.165, 1.54) is 30.3 Å². The molecule has 0 unspecified atom stereocenters. The number of nitro benzene ring substituents is 1. The highest BCUT2D eigenvalue weighted by Crippen LogP contribution is 2.12. The summed E-state index contributed by atoms with van der Waals surface area (Å²) >= 11 is 0. The molecule has 0 aliphatic heterocycles. The number of hydrogen-bond donors (Lipinski definition) is 2. The van der Waals surface area contributed by atoms with Crippen LogP contribution in [0.2, 0.25) is 0 Å². The van der Waals surface area contributed by atoms with Crippen molar-refractivity contribution in [2.24, 2.45) is 0 Å². The Hall–Kier alpha value is -3.88. The van der Waals surface area contributed by atoms with Gasteiger partial charge in [-0.25, -0.2) is 4.79 Å². The summed E-state index contributed by atoms with van der Waals surface area (Å²) < 4.78 is 0. The van der Waals surface area contributed by atoms with Gasteiger partial charge in [0.25, 0.3) is 11.6 Å². The molecular formula is C18H18N4O5. The van der Waals surface area contributed by atoms with Crippen molar-refractivity contribution < 1.29 is 19.3 Å². The molecule has 0 aliphatic carbocycles. The number of hydrazine groups is 1. The highest BCUT2D eigenvalue weighted by molar-refractivity contribution is 5.95. The van der Waals surface area contributed by atoms with E-state index in [-0.39, 0.29) is 11.3 Å². The van der Waals surface area contributed by atoms with E-state index in [1.807, 2.05) is 35.8 Å². The monoisotopic (exact) mass is 370 g/mol. The highest BCUT2D eigenvalue weighted by Gasteiger charge is 2.11. The molecule has 140 valence electrons. The minimum Gasteiger partial charge on any atom is -0.336 e. The zero-order chi connectivity index (χ0) is 19.8. The van der Waals surface area contributed by atoms with Crippen LogP contribution in [-0.4, -0.2) is 23.8 Å². The standard InChI is InChI=1S/C18H18N4O5/c1-13(19-21(2)15-6-4-3-5-7-15)12-17(23)27-20-18(24)14-8-10-16(11-9-14)22(25)26/h3-12,19H,1-2H3,(H,20,24)/b13-12-. The van der Waals surface area contributed by atoms with Crippen LogP contribution in [0.5, 0.6) is 0 Å². The maximum Gasteiger partial charge on any atom is 0.357 e. The number of hydrogen-bond acceptors (Lipinski definition) is 7. The zero-order valence-electron chi connectivity index (χ0n) is 14.7. The van der Waals surface area contributed by atoms with Crippen molar-refractivity contribution in [3.05, 3.63) is 82.0 Å². The number of nitrogens with one attached hydrogen (secondary N) is 2. The fourth-order valence-electron chi connectivity index (χ4n) is 2.11. The van der Waals surface area contributed by atoms with Gasteiger partial charge in [0.05, 0.1) is 10.6 Å². The van der Waals surface area contributed by atoms with E-state index in [9.17, 15) is 19.7 Å². The Morgan fingerprint density at radius 1 is 1.11 bits per heavy atom. The van der Waals surface area contributed by atoms with Crippen molar-refractivity contribution >= 4 is 23.3 Å². The van der Waals surface area contributed by atoms with Crippen molar-refractivity contribution in [2.75, 3.05) is 12.1 Å². The van der Waals surface area contributed by atoms with E-state index in [1.54, 1.807) is 19.0 Å². The lowest BCUT2D eigenvalue weighted by molar-refractivity contribution is -0.384. The van der Waals surface area contributed by atoms with Gasteiger partial charge in [-0.15, -0.1) is 0 Å². The van der Waals surface area contributed by atoms with Crippen LogP contribution in [0.25, 0.3) is 0 Å². The number of allylic oxidation sites excluding steroid dienone is 1. The first-order chi connectivity index (χ1) is 12.9. The third kappa shape index (κ3) is 5.85. The Kier molecular flexibility index (Phi) is 6.48. The van der Waals surface area contributed by atoms with Gasteiger partial charge in [0.15, 0.2) is 0 Å². The fourth-order valence-corrected chi connectivity index (χ4v) is 2.11. The Labute approximate surface area is 155 Å². The molecule has 9 nitrogen and oxygen atoms in total. The van der Waals surface area contributed by atoms with Crippen molar-refractivity contribution in [1.29, 1.82) is 0 Å². The maximum absolute atomic E-state index is 11.9. The van der Waals surface area contributed by atoms with E-state index in [0.29, 0.717) is 5.70 Å². The van der Waals surface area contributed by atoms with Crippen molar-refractivity contribution in [1.82, 2.24) is 10.9 Å². The molecule has 2 aromatic rings. The van der Waals surface area contributed by atoms with E-state index >= 15 is 0 Å². The van der Waals surface area contributed by atoms with Gasteiger partial charge in [-0.1, -0.05) is 18.2 Å². The van der Waals surface area contributed by atoms with Crippen LogP contribution in [-0.2, 0) is 9.63 Å². The summed E-state index contributed by atoms with van der Waals surface area (Å²) in [5.74, 6) is -1.48. The average Bonchev–Trinajstić information content (AvgIpc) is 2.66. The normalized spacial score (nSPS) is 10.7. The minimum atomic E-state index is -0.781. The molecule has 2 aromatic carbocycles. The fraction of sp³-hybridized carbons (Fsp3) is 0.111. The first-order valence-electron chi connectivity index (χ1n) is 7.86.